The molecule has 0 bridgehead atoms. The monoisotopic (exact) mass is 222 g/mol. The molecule has 1 saturated heterocycles. The zero-order valence-corrected chi connectivity index (χ0v) is 10.0. The smallest absolute Gasteiger partial charge is 0.0340 e. The van der Waals surface area contributed by atoms with Gasteiger partial charge < -0.3 is 5.32 Å². The number of hydrogen-bond acceptors (Lipinski definition) is 3. The first-order chi connectivity index (χ1) is 7.38. The van der Waals surface area contributed by atoms with Crippen LogP contribution in [0, 0.1) is 0 Å². The van der Waals surface area contributed by atoms with Gasteiger partial charge >= 0.3 is 0 Å². The molecule has 3 heteroatoms. The van der Waals surface area contributed by atoms with Gasteiger partial charge in [-0.1, -0.05) is 12.1 Å². The fraction of sp³-hybridized carbons (Fsp3) is 0.500. The van der Waals surface area contributed by atoms with Gasteiger partial charge in [0.2, 0.25) is 0 Å². The second-order valence-electron chi connectivity index (χ2n) is 3.84. The van der Waals surface area contributed by atoms with Crippen molar-refractivity contribution in [1.29, 1.82) is 0 Å². The van der Waals surface area contributed by atoms with Crippen LogP contribution in [0.4, 0.5) is 5.69 Å². The van der Waals surface area contributed by atoms with Crippen molar-refractivity contribution >= 4 is 17.4 Å². The van der Waals surface area contributed by atoms with Crippen LogP contribution in [0.15, 0.2) is 24.3 Å². The van der Waals surface area contributed by atoms with Gasteiger partial charge in [-0.3, -0.25) is 4.90 Å². The summed E-state index contributed by atoms with van der Waals surface area (Å²) >= 11 is 2.06. The number of nitrogens with one attached hydrogen (secondary N) is 1. The summed E-state index contributed by atoms with van der Waals surface area (Å²) in [5.74, 6) is 2.57. The molecular formula is C12H18N2S. The van der Waals surface area contributed by atoms with E-state index in [0.29, 0.717) is 0 Å². The average Bonchev–Trinajstić information content (AvgIpc) is 2.31. The van der Waals surface area contributed by atoms with Crippen molar-refractivity contribution < 1.29 is 0 Å². The summed E-state index contributed by atoms with van der Waals surface area (Å²) in [7, 11) is 1.97. The van der Waals surface area contributed by atoms with Crippen LogP contribution in [0.25, 0.3) is 0 Å². The Balaban J connectivity index is 1.96. The highest BCUT2D eigenvalue weighted by Gasteiger charge is 2.10. The molecule has 0 atom stereocenters. The molecule has 0 spiro atoms. The highest BCUT2D eigenvalue weighted by molar-refractivity contribution is 7.99. The summed E-state index contributed by atoms with van der Waals surface area (Å²) in [6, 6.07) is 8.68. The van der Waals surface area contributed by atoms with Gasteiger partial charge in [0.1, 0.15) is 0 Å². The van der Waals surface area contributed by atoms with Crippen LogP contribution in [0.1, 0.15) is 5.56 Å². The normalized spacial score (nSPS) is 17.7. The summed E-state index contributed by atoms with van der Waals surface area (Å²) in [6.07, 6.45) is 0. The van der Waals surface area contributed by atoms with Gasteiger partial charge in [-0.2, -0.15) is 11.8 Å². The molecule has 0 unspecified atom stereocenters. The van der Waals surface area contributed by atoms with Crippen molar-refractivity contribution in [2.75, 3.05) is 37.0 Å². The van der Waals surface area contributed by atoms with Crippen LogP contribution in [-0.4, -0.2) is 36.5 Å². The van der Waals surface area contributed by atoms with E-state index in [1.54, 1.807) is 0 Å². The Morgan fingerprint density at radius 1 is 1.33 bits per heavy atom. The van der Waals surface area contributed by atoms with Gasteiger partial charge in [-0.15, -0.1) is 0 Å². The average molecular weight is 222 g/mol. The van der Waals surface area contributed by atoms with Gasteiger partial charge in [0, 0.05) is 43.9 Å². The van der Waals surface area contributed by atoms with Crippen molar-refractivity contribution in [1.82, 2.24) is 4.90 Å². The van der Waals surface area contributed by atoms with Gasteiger partial charge in [0.05, 0.1) is 0 Å². The maximum absolute atomic E-state index is 3.18. The van der Waals surface area contributed by atoms with E-state index in [-0.39, 0.29) is 0 Å². The lowest BCUT2D eigenvalue weighted by Gasteiger charge is -2.26. The quantitative estimate of drug-likeness (QED) is 0.844. The summed E-state index contributed by atoms with van der Waals surface area (Å²) in [6.45, 7) is 3.55. The highest BCUT2D eigenvalue weighted by atomic mass is 32.2. The van der Waals surface area contributed by atoms with Gasteiger partial charge in [0.25, 0.3) is 0 Å². The van der Waals surface area contributed by atoms with Crippen molar-refractivity contribution in [3.8, 4) is 0 Å². The molecule has 0 aliphatic carbocycles. The third-order valence-electron chi connectivity index (χ3n) is 2.73. The molecular weight excluding hydrogens is 204 g/mol. The van der Waals surface area contributed by atoms with E-state index >= 15 is 0 Å². The standard InChI is InChI=1S/C12H18N2S/c1-13-12-4-2-3-11(9-12)10-14-5-7-15-8-6-14/h2-4,9,13H,5-8,10H2,1H3. The maximum Gasteiger partial charge on any atom is 0.0340 e. The number of benzene rings is 1. The second kappa shape index (κ2) is 5.42. The minimum absolute atomic E-state index is 1.09. The minimum Gasteiger partial charge on any atom is -0.388 e. The Hall–Kier alpha value is -0.670. The molecule has 0 amide bonds. The van der Waals surface area contributed by atoms with Gasteiger partial charge in [-0.25, -0.2) is 0 Å². The van der Waals surface area contributed by atoms with Crippen molar-refractivity contribution in [3.63, 3.8) is 0 Å². The number of nitrogens with zero attached hydrogens (tertiary/aromatic N) is 1. The summed E-state index contributed by atoms with van der Waals surface area (Å²) in [5.41, 5.74) is 2.62. The van der Waals surface area contributed by atoms with Crippen LogP contribution in [0.3, 0.4) is 0 Å². The Bertz CT molecular complexity index is 308. The first-order valence-electron chi connectivity index (χ1n) is 5.45. The summed E-state index contributed by atoms with van der Waals surface area (Å²) < 4.78 is 0. The van der Waals surface area contributed by atoms with Crippen LogP contribution >= 0.6 is 11.8 Å². The zero-order valence-electron chi connectivity index (χ0n) is 9.20. The molecule has 2 rings (SSSR count). The predicted octanol–water partition coefficient (Wildman–Crippen LogP) is 2.28. The van der Waals surface area contributed by atoms with Gasteiger partial charge in [0.15, 0.2) is 0 Å². The van der Waals surface area contributed by atoms with Crippen molar-refractivity contribution in [3.05, 3.63) is 29.8 Å². The minimum atomic E-state index is 1.09. The molecule has 1 heterocycles. The molecule has 0 radical (unpaired) electrons. The molecule has 2 nitrogen and oxygen atoms in total. The third-order valence-corrected chi connectivity index (χ3v) is 3.67. The molecule has 1 N–H and O–H groups in total. The topological polar surface area (TPSA) is 15.3 Å². The third kappa shape index (κ3) is 3.14. The van der Waals surface area contributed by atoms with Crippen LogP contribution in [0.2, 0.25) is 0 Å². The molecule has 1 aromatic rings. The second-order valence-corrected chi connectivity index (χ2v) is 5.06. The van der Waals surface area contributed by atoms with E-state index in [2.05, 4.69) is 46.2 Å². The molecule has 1 aliphatic rings. The number of anilines is 1. The molecule has 1 fully saturated rings. The van der Waals surface area contributed by atoms with E-state index in [0.717, 1.165) is 6.54 Å². The maximum atomic E-state index is 3.18. The lowest BCUT2D eigenvalue weighted by molar-refractivity contribution is 0.294. The van der Waals surface area contributed by atoms with Crippen LogP contribution in [0.5, 0.6) is 0 Å². The molecule has 1 aliphatic heterocycles. The lowest BCUT2D eigenvalue weighted by atomic mass is 10.2. The molecule has 0 saturated carbocycles. The Morgan fingerprint density at radius 2 is 2.13 bits per heavy atom. The Morgan fingerprint density at radius 3 is 2.87 bits per heavy atom. The molecule has 0 aromatic heterocycles. The number of rotatable bonds is 3. The van der Waals surface area contributed by atoms with E-state index in [1.165, 1.54) is 35.8 Å². The SMILES string of the molecule is CNc1cccc(CN2CCSCC2)c1. The van der Waals surface area contributed by atoms with E-state index in [4.69, 9.17) is 0 Å². The largest absolute Gasteiger partial charge is 0.388 e. The molecule has 15 heavy (non-hydrogen) atoms. The fourth-order valence-corrected chi connectivity index (χ4v) is 2.82. The lowest BCUT2D eigenvalue weighted by Crippen LogP contribution is -2.31. The highest BCUT2D eigenvalue weighted by Crippen LogP contribution is 2.15. The van der Waals surface area contributed by atoms with Gasteiger partial charge in [-0.05, 0) is 17.7 Å². The fourth-order valence-electron chi connectivity index (χ4n) is 1.84. The Kier molecular flexibility index (Phi) is 3.92. The van der Waals surface area contributed by atoms with E-state index < -0.39 is 0 Å². The predicted molar refractivity (Wildman–Crippen MR) is 68.6 cm³/mol. The number of hydrogen-bond donors (Lipinski definition) is 1. The number of thioether (sulfide) groups is 1. The van der Waals surface area contributed by atoms with E-state index in [1.807, 2.05) is 7.05 Å². The molecule has 1 aromatic carbocycles. The first-order valence-corrected chi connectivity index (χ1v) is 6.61. The Labute approximate surface area is 96.0 Å². The van der Waals surface area contributed by atoms with Crippen LogP contribution < -0.4 is 5.32 Å². The van der Waals surface area contributed by atoms with Crippen molar-refractivity contribution in [2.45, 2.75) is 6.54 Å². The summed E-state index contributed by atoms with van der Waals surface area (Å²) in [4.78, 5) is 2.53. The first kappa shape index (κ1) is 10.8. The van der Waals surface area contributed by atoms with Crippen molar-refractivity contribution in [2.24, 2.45) is 0 Å². The van der Waals surface area contributed by atoms with E-state index in [9.17, 15) is 0 Å². The summed E-state index contributed by atoms with van der Waals surface area (Å²) in [5, 5.41) is 3.18. The van der Waals surface area contributed by atoms with Crippen LogP contribution in [-0.2, 0) is 6.54 Å². The zero-order chi connectivity index (χ0) is 10.5. The molecule has 82 valence electrons.